The first-order chi connectivity index (χ1) is 14.8. The van der Waals surface area contributed by atoms with Crippen LogP contribution < -0.4 is 9.64 Å². The molecule has 7 heteroatoms. The van der Waals surface area contributed by atoms with Crippen molar-refractivity contribution >= 4 is 17.6 Å². The van der Waals surface area contributed by atoms with Crippen LogP contribution in [0.15, 0.2) is 42.5 Å². The summed E-state index contributed by atoms with van der Waals surface area (Å²) in [4.78, 5) is 29.3. The minimum Gasteiger partial charge on any atom is -0.497 e. The Morgan fingerprint density at radius 3 is 2.52 bits per heavy atom. The Morgan fingerprint density at radius 2 is 1.94 bits per heavy atom. The number of fused-ring (bicyclic) bond motifs is 1. The highest BCUT2D eigenvalue weighted by Gasteiger charge is 2.40. The number of hydrogen-bond donors (Lipinski definition) is 0. The Labute approximate surface area is 182 Å². The van der Waals surface area contributed by atoms with Crippen LogP contribution >= 0.6 is 0 Å². The number of ether oxygens (including phenoxy) is 2. The molecule has 0 N–H and O–H groups in total. The Balaban J connectivity index is 2.15. The third-order valence-corrected chi connectivity index (χ3v) is 5.47. The summed E-state index contributed by atoms with van der Waals surface area (Å²) >= 11 is 0. The van der Waals surface area contributed by atoms with E-state index in [4.69, 9.17) is 9.47 Å². The van der Waals surface area contributed by atoms with Crippen molar-refractivity contribution in [2.75, 3.05) is 39.2 Å². The number of nitriles is 1. The lowest BCUT2D eigenvalue weighted by molar-refractivity contribution is -0.154. The molecule has 1 aliphatic rings. The molecule has 1 aliphatic heterocycles. The molecule has 0 aromatic heterocycles. The number of benzene rings is 2. The second-order valence-electron chi connectivity index (χ2n) is 7.82. The van der Waals surface area contributed by atoms with Crippen LogP contribution in [0.3, 0.4) is 0 Å². The van der Waals surface area contributed by atoms with Crippen molar-refractivity contribution < 1.29 is 19.1 Å². The topological polar surface area (TPSA) is 82.9 Å². The minimum atomic E-state index is -0.994. The normalized spacial score (nSPS) is 18.2. The summed E-state index contributed by atoms with van der Waals surface area (Å²) in [5.41, 5.74) is 2.84. The van der Waals surface area contributed by atoms with Gasteiger partial charge in [0.25, 0.3) is 5.91 Å². The number of esters is 1. The van der Waals surface area contributed by atoms with E-state index in [1.54, 1.807) is 24.1 Å². The zero-order valence-corrected chi connectivity index (χ0v) is 18.3. The van der Waals surface area contributed by atoms with Gasteiger partial charge in [-0.1, -0.05) is 18.2 Å². The van der Waals surface area contributed by atoms with Crippen LogP contribution in [0, 0.1) is 11.3 Å². The van der Waals surface area contributed by atoms with E-state index in [2.05, 4.69) is 6.07 Å². The summed E-state index contributed by atoms with van der Waals surface area (Å²) in [5, 5.41) is 9.73. The molecule has 0 saturated heterocycles. The number of carbonyl (C=O) groups excluding carboxylic acids is 2. The van der Waals surface area contributed by atoms with Gasteiger partial charge in [-0.25, -0.2) is 0 Å². The van der Waals surface area contributed by atoms with Crippen molar-refractivity contribution in [3.63, 3.8) is 0 Å². The number of methoxy groups -OCH3 is 1. The van der Waals surface area contributed by atoms with Gasteiger partial charge in [0.15, 0.2) is 6.10 Å². The minimum absolute atomic E-state index is 0.285. The van der Waals surface area contributed by atoms with Crippen LogP contribution in [-0.2, 0) is 20.7 Å². The molecule has 0 aliphatic carbocycles. The molecule has 1 amide bonds. The predicted molar refractivity (Wildman–Crippen MR) is 117 cm³/mol. The average molecular weight is 421 g/mol. The van der Waals surface area contributed by atoms with Gasteiger partial charge in [0.2, 0.25) is 0 Å². The molecule has 2 aromatic carbocycles. The summed E-state index contributed by atoms with van der Waals surface area (Å²) < 4.78 is 10.8. The van der Waals surface area contributed by atoms with Crippen molar-refractivity contribution in [2.24, 2.45) is 0 Å². The molecule has 0 unspecified atom stereocenters. The highest BCUT2D eigenvalue weighted by atomic mass is 16.5. The molecule has 0 bridgehead atoms. The smallest absolute Gasteiger partial charge is 0.303 e. The lowest BCUT2D eigenvalue weighted by Gasteiger charge is -2.29. The molecule has 1 heterocycles. The van der Waals surface area contributed by atoms with E-state index >= 15 is 0 Å². The standard InChI is InChI=1S/C24H27N3O4/c1-16(28)31-23-21(17-8-10-19(30-4)11-9-17)14-20-18(15-25)6-5-7-22(20)27(24(23)29)13-12-26(2)3/h5-11,21,23H,12-14H2,1-4H3/t21-,23+/m0/s1. The molecule has 7 nitrogen and oxygen atoms in total. The predicted octanol–water partition coefficient (Wildman–Crippen LogP) is 2.73. The van der Waals surface area contributed by atoms with Crippen LogP contribution in [-0.4, -0.2) is 57.2 Å². The van der Waals surface area contributed by atoms with Gasteiger partial charge >= 0.3 is 5.97 Å². The van der Waals surface area contributed by atoms with Crippen molar-refractivity contribution in [2.45, 2.75) is 25.4 Å². The van der Waals surface area contributed by atoms with Gasteiger partial charge in [-0.15, -0.1) is 0 Å². The fraction of sp³-hybridized carbons (Fsp3) is 0.375. The maximum atomic E-state index is 13.7. The monoisotopic (exact) mass is 421 g/mol. The Kier molecular flexibility index (Phi) is 6.93. The van der Waals surface area contributed by atoms with Crippen LogP contribution in [0.1, 0.15) is 29.5 Å². The van der Waals surface area contributed by atoms with E-state index in [1.807, 2.05) is 49.3 Å². The van der Waals surface area contributed by atoms with Gasteiger partial charge < -0.3 is 19.3 Å². The van der Waals surface area contributed by atoms with Crippen molar-refractivity contribution in [1.29, 1.82) is 5.26 Å². The molecule has 0 radical (unpaired) electrons. The van der Waals surface area contributed by atoms with E-state index in [0.717, 1.165) is 11.1 Å². The molecular weight excluding hydrogens is 394 g/mol. The fourth-order valence-corrected chi connectivity index (χ4v) is 3.90. The van der Waals surface area contributed by atoms with E-state index in [-0.39, 0.29) is 5.91 Å². The summed E-state index contributed by atoms with van der Waals surface area (Å²) in [7, 11) is 5.45. The molecule has 2 aromatic rings. The largest absolute Gasteiger partial charge is 0.497 e. The second kappa shape index (κ2) is 9.63. The number of anilines is 1. The van der Waals surface area contributed by atoms with Gasteiger partial charge in [0, 0.05) is 31.6 Å². The average Bonchev–Trinajstić information content (AvgIpc) is 2.86. The van der Waals surface area contributed by atoms with Crippen molar-refractivity contribution in [3.05, 3.63) is 59.2 Å². The third-order valence-electron chi connectivity index (χ3n) is 5.47. The molecule has 2 atom stereocenters. The lowest BCUT2D eigenvalue weighted by Crippen LogP contribution is -2.45. The molecule has 162 valence electrons. The van der Waals surface area contributed by atoms with Crippen LogP contribution in [0.25, 0.3) is 0 Å². The van der Waals surface area contributed by atoms with Crippen LogP contribution in [0.2, 0.25) is 0 Å². The van der Waals surface area contributed by atoms with Crippen molar-refractivity contribution in [1.82, 2.24) is 4.90 Å². The number of carbonyl (C=O) groups is 2. The first kappa shape index (κ1) is 22.3. The van der Waals surface area contributed by atoms with Gasteiger partial charge in [0.05, 0.1) is 18.7 Å². The molecular formula is C24H27N3O4. The van der Waals surface area contributed by atoms with E-state index in [0.29, 0.717) is 36.5 Å². The van der Waals surface area contributed by atoms with E-state index < -0.39 is 18.0 Å². The Hall–Kier alpha value is -3.37. The maximum Gasteiger partial charge on any atom is 0.303 e. The van der Waals surface area contributed by atoms with Gasteiger partial charge in [-0.05, 0) is 55.9 Å². The summed E-state index contributed by atoms with van der Waals surface area (Å²) in [5.74, 6) is -0.541. The number of hydrogen-bond acceptors (Lipinski definition) is 6. The third kappa shape index (κ3) is 4.86. The number of nitrogens with zero attached hydrogens (tertiary/aromatic N) is 3. The molecule has 31 heavy (non-hydrogen) atoms. The SMILES string of the molecule is COc1ccc([C@@H]2Cc3c(C#N)cccc3N(CCN(C)C)C(=O)[C@@H]2OC(C)=O)cc1. The lowest BCUT2D eigenvalue weighted by atomic mass is 9.86. The highest BCUT2D eigenvalue weighted by molar-refractivity contribution is 6.00. The summed E-state index contributed by atoms with van der Waals surface area (Å²) in [6, 6.07) is 15.0. The van der Waals surface area contributed by atoms with Crippen LogP contribution in [0.4, 0.5) is 5.69 Å². The summed E-state index contributed by atoms with van der Waals surface area (Å²) in [6.45, 7) is 2.35. The first-order valence-electron chi connectivity index (χ1n) is 10.1. The number of amides is 1. The first-order valence-corrected chi connectivity index (χ1v) is 10.1. The van der Waals surface area contributed by atoms with Crippen molar-refractivity contribution in [3.8, 4) is 11.8 Å². The van der Waals surface area contributed by atoms with Gasteiger partial charge in [-0.2, -0.15) is 5.26 Å². The molecule has 0 spiro atoms. The van der Waals surface area contributed by atoms with E-state index in [9.17, 15) is 14.9 Å². The zero-order chi connectivity index (χ0) is 22.5. The molecule has 0 fully saturated rings. The highest BCUT2D eigenvalue weighted by Crippen LogP contribution is 2.38. The Bertz CT molecular complexity index is 995. The maximum absolute atomic E-state index is 13.7. The zero-order valence-electron chi connectivity index (χ0n) is 18.3. The quantitative estimate of drug-likeness (QED) is 0.667. The molecule has 0 saturated carbocycles. The molecule has 3 rings (SSSR count). The fourth-order valence-electron chi connectivity index (χ4n) is 3.90. The second-order valence-corrected chi connectivity index (χ2v) is 7.82. The van der Waals surface area contributed by atoms with E-state index in [1.165, 1.54) is 6.92 Å². The van der Waals surface area contributed by atoms with Gasteiger partial charge in [-0.3, -0.25) is 9.59 Å². The van der Waals surface area contributed by atoms with Gasteiger partial charge in [0.1, 0.15) is 5.75 Å². The number of rotatable bonds is 6. The Morgan fingerprint density at radius 1 is 1.23 bits per heavy atom. The van der Waals surface area contributed by atoms with Crippen LogP contribution in [0.5, 0.6) is 5.75 Å². The number of likely N-dealkylation sites (N-methyl/N-ethyl adjacent to an activating group) is 1. The summed E-state index contributed by atoms with van der Waals surface area (Å²) in [6.07, 6.45) is -0.597.